The van der Waals surface area contributed by atoms with Gasteiger partial charge < -0.3 is 10.0 Å². The minimum absolute atomic E-state index is 0. The third-order valence-corrected chi connectivity index (χ3v) is 4.30. The molecule has 1 unspecified atom stereocenters. The highest BCUT2D eigenvalue weighted by atomic mass is 35.5. The first kappa shape index (κ1) is 18.2. The van der Waals surface area contributed by atoms with E-state index in [1.807, 2.05) is 18.2 Å². The van der Waals surface area contributed by atoms with E-state index in [1.165, 1.54) is 0 Å². The molecule has 118 valence electrons. The molecule has 1 aromatic carbocycles. The topological polar surface area (TPSA) is 43.8 Å². The Bertz CT molecular complexity index is 463. The summed E-state index contributed by atoms with van der Waals surface area (Å²) < 4.78 is 0. The van der Waals surface area contributed by atoms with Crippen LogP contribution in [0.1, 0.15) is 24.9 Å². The van der Waals surface area contributed by atoms with Crippen LogP contribution in [-0.2, 0) is 4.79 Å². The Morgan fingerprint density at radius 3 is 2.48 bits per heavy atom. The first-order valence-electron chi connectivity index (χ1n) is 7.00. The number of nitrogens with zero attached hydrogens (tertiary/aromatic N) is 2. The molecule has 0 aliphatic carbocycles. The number of benzene rings is 1. The molecule has 0 amide bonds. The fourth-order valence-corrected chi connectivity index (χ4v) is 2.93. The van der Waals surface area contributed by atoms with Crippen LogP contribution in [-0.4, -0.2) is 53.6 Å². The molecular formula is C15H22Cl2N2O2. The maximum Gasteiger partial charge on any atom is 0.304 e. The summed E-state index contributed by atoms with van der Waals surface area (Å²) in [5, 5.41) is 9.53. The van der Waals surface area contributed by atoms with Gasteiger partial charge in [-0.2, -0.15) is 0 Å². The van der Waals surface area contributed by atoms with Gasteiger partial charge in [-0.05, 0) is 18.6 Å². The third kappa shape index (κ3) is 5.15. The fourth-order valence-electron chi connectivity index (χ4n) is 2.64. The minimum atomic E-state index is -0.725. The van der Waals surface area contributed by atoms with Crippen LogP contribution >= 0.6 is 24.0 Å². The number of carboxylic acid groups (broad SMARTS) is 1. The van der Waals surface area contributed by atoms with E-state index in [1.54, 1.807) is 0 Å². The average molecular weight is 333 g/mol. The van der Waals surface area contributed by atoms with Gasteiger partial charge in [-0.3, -0.25) is 9.69 Å². The first-order chi connectivity index (χ1) is 9.58. The van der Waals surface area contributed by atoms with Gasteiger partial charge in [0, 0.05) is 43.8 Å². The van der Waals surface area contributed by atoms with Crippen LogP contribution < -0.4 is 0 Å². The lowest BCUT2D eigenvalue weighted by atomic mass is 10.1. The summed E-state index contributed by atoms with van der Waals surface area (Å²) in [6.07, 6.45) is 0.222. The van der Waals surface area contributed by atoms with E-state index in [9.17, 15) is 4.79 Å². The van der Waals surface area contributed by atoms with E-state index in [4.69, 9.17) is 16.7 Å². The molecule has 0 radical (unpaired) electrons. The average Bonchev–Trinajstić information content (AvgIpc) is 2.45. The molecule has 0 saturated carbocycles. The lowest BCUT2D eigenvalue weighted by Gasteiger charge is -2.38. The lowest BCUT2D eigenvalue weighted by Crippen LogP contribution is -2.47. The zero-order valence-electron chi connectivity index (χ0n) is 12.2. The normalized spacial score (nSPS) is 18.0. The van der Waals surface area contributed by atoms with Gasteiger partial charge in [0.25, 0.3) is 0 Å². The summed E-state index contributed by atoms with van der Waals surface area (Å²) in [6.45, 7) is 6.56. The standard InChI is InChI=1S/C15H21ClN2O2.ClH/c1-12(13-4-2-3-5-14(13)16)18-10-8-17(9-11-18)7-6-15(19)20;/h2-5,12H,6-11H2,1H3,(H,19,20);1H. The largest absolute Gasteiger partial charge is 0.481 e. The molecule has 1 aromatic rings. The fraction of sp³-hybridized carbons (Fsp3) is 0.533. The van der Waals surface area contributed by atoms with Crippen molar-refractivity contribution in [2.45, 2.75) is 19.4 Å². The molecule has 0 aromatic heterocycles. The molecule has 2 rings (SSSR count). The lowest BCUT2D eigenvalue weighted by molar-refractivity contribution is -0.137. The Morgan fingerprint density at radius 1 is 1.29 bits per heavy atom. The molecular weight excluding hydrogens is 311 g/mol. The highest BCUT2D eigenvalue weighted by molar-refractivity contribution is 6.31. The molecule has 1 heterocycles. The second-order valence-corrected chi connectivity index (χ2v) is 5.63. The molecule has 0 spiro atoms. The summed E-state index contributed by atoms with van der Waals surface area (Å²) in [6, 6.07) is 8.26. The number of hydrogen-bond donors (Lipinski definition) is 1. The number of carboxylic acids is 1. The Balaban J connectivity index is 0.00000220. The smallest absolute Gasteiger partial charge is 0.304 e. The predicted molar refractivity (Wildman–Crippen MR) is 87.4 cm³/mol. The van der Waals surface area contributed by atoms with E-state index in [2.05, 4.69) is 22.8 Å². The molecule has 1 aliphatic heterocycles. The zero-order chi connectivity index (χ0) is 14.5. The predicted octanol–water partition coefficient (Wildman–Crippen LogP) is 2.92. The Morgan fingerprint density at radius 2 is 1.90 bits per heavy atom. The SMILES string of the molecule is CC(c1ccccc1Cl)N1CCN(CCC(=O)O)CC1.Cl. The molecule has 1 fully saturated rings. The van der Waals surface area contributed by atoms with Crippen LogP contribution in [0.3, 0.4) is 0 Å². The van der Waals surface area contributed by atoms with Crippen molar-refractivity contribution in [1.29, 1.82) is 0 Å². The van der Waals surface area contributed by atoms with E-state index >= 15 is 0 Å². The molecule has 1 N–H and O–H groups in total. The van der Waals surface area contributed by atoms with Gasteiger partial charge >= 0.3 is 5.97 Å². The van der Waals surface area contributed by atoms with Gasteiger partial charge in [0.1, 0.15) is 0 Å². The molecule has 4 nitrogen and oxygen atoms in total. The summed E-state index contributed by atoms with van der Waals surface area (Å²) >= 11 is 6.25. The Labute approximate surface area is 137 Å². The van der Waals surface area contributed by atoms with Crippen LogP contribution in [0.5, 0.6) is 0 Å². The van der Waals surface area contributed by atoms with Crippen molar-refractivity contribution in [2.24, 2.45) is 0 Å². The monoisotopic (exact) mass is 332 g/mol. The summed E-state index contributed by atoms with van der Waals surface area (Å²) in [5.41, 5.74) is 1.16. The van der Waals surface area contributed by atoms with Crippen molar-refractivity contribution in [3.8, 4) is 0 Å². The minimum Gasteiger partial charge on any atom is -0.481 e. The number of rotatable bonds is 5. The summed E-state index contributed by atoms with van der Waals surface area (Å²) in [4.78, 5) is 15.2. The van der Waals surface area contributed by atoms with Gasteiger partial charge in [-0.25, -0.2) is 0 Å². The van der Waals surface area contributed by atoms with Crippen LogP contribution in [0.15, 0.2) is 24.3 Å². The van der Waals surface area contributed by atoms with Crippen LogP contribution in [0.2, 0.25) is 5.02 Å². The van der Waals surface area contributed by atoms with Crippen molar-refractivity contribution in [3.05, 3.63) is 34.9 Å². The van der Waals surface area contributed by atoms with Gasteiger partial charge in [0.2, 0.25) is 0 Å². The summed E-state index contributed by atoms with van der Waals surface area (Å²) in [7, 11) is 0. The van der Waals surface area contributed by atoms with E-state index < -0.39 is 5.97 Å². The number of halogens is 2. The number of aliphatic carboxylic acids is 1. The van der Waals surface area contributed by atoms with Crippen molar-refractivity contribution in [2.75, 3.05) is 32.7 Å². The number of piperazine rings is 1. The first-order valence-corrected chi connectivity index (χ1v) is 7.38. The molecule has 1 atom stereocenters. The maximum atomic E-state index is 10.6. The van der Waals surface area contributed by atoms with Crippen molar-refractivity contribution < 1.29 is 9.90 Å². The van der Waals surface area contributed by atoms with Crippen molar-refractivity contribution in [1.82, 2.24) is 9.80 Å². The van der Waals surface area contributed by atoms with E-state index in [0.717, 1.165) is 36.8 Å². The highest BCUT2D eigenvalue weighted by Crippen LogP contribution is 2.27. The Hall–Kier alpha value is -0.810. The second kappa shape index (κ2) is 8.59. The van der Waals surface area contributed by atoms with Crippen LogP contribution in [0.4, 0.5) is 0 Å². The highest BCUT2D eigenvalue weighted by Gasteiger charge is 2.23. The zero-order valence-corrected chi connectivity index (χ0v) is 13.7. The van der Waals surface area contributed by atoms with E-state index in [-0.39, 0.29) is 18.8 Å². The second-order valence-electron chi connectivity index (χ2n) is 5.22. The summed E-state index contributed by atoms with van der Waals surface area (Å²) in [5.74, 6) is -0.725. The molecule has 21 heavy (non-hydrogen) atoms. The number of carbonyl (C=O) groups is 1. The van der Waals surface area contributed by atoms with Gasteiger partial charge in [0.15, 0.2) is 0 Å². The van der Waals surface area contributed by atoms with Gasteiger partial charge in [-0.1, -0.05) is 29.8 Å². The molecule has 1 aliphatic rings. The molecule has 0 bridgehead atoms. The molecule has 6 heteroatoms. The van der Waals surface area contributed by atoms with Crippen molar-refractivity contribution in [3.63, 3.8) is 0 Å². The van der Waals surface area contributed by atoms with Crippen LogP contribution in [0.25, 0.3) is 0 Å². The Kier molecular flexibility index (Phi) is 7.46. The van der Waals surface area contributed by atoms with Crippen LogP contribution in [0, 0.1) is 0 Å². The number of hydrogen-bond acceptors (Lipinski definition) is 3. The maximum absolute atomic E-state index is 10.6. The third-order valence-electron chi connectivity index (χ3n) is 3.95. The van der Waals surface area contributed by atoms with Gasteiger partial charge in [0.05, 0.1) is 6.42 Å². The quantitative estimate of drug-likeness (QED) is 0.900. The van der Waals surface area contributed by atoms with Crippen molar-refractivity contribution >= 4 is 30.0 Å². The van der Waals surface area contributed by atoms with E-state index in [0.29, 0.717) is 12.6 Å². The molecule has 1 saturated heterocycles. The van der Waals surface area contributed by atoms with Gasteiger partial charge in [-0.15, -0.1) is 12.4 Å².